The van der Waals surface area contributed by atoms with Gasteiger partial charge in [0.1, 0.15) is 5.82 Å². The molecule has 0 bridgehead atoms. The van der Waals surface area contributed by atoms with Crippen LogP contribution in [0.4, 0.5) is 5.82 Å². The van der Waals surface area contributed by atoms with Crippen molar-refractivity contribution >= 4 is 16.9 Å². The van der Waals surface area contributed by atoms with Crippen LogP contribution < -0.4 is 4.90 Å². The van der Waals surface area contributed by atoms with Crippen molar-refractivity contribution < 1.29 is 4.74 Å². The van der Waals surface area contributed by atoms with Crippen molar-refractivity contribution in [1.29, 1.82) is 0 Å². The Balaban J connectivity index is 1.60. The summed E-state index contributed by atoms with van der Waals surface area (Å²) in [6, 6.07) is 8.13. The van der Waals surface area contributed by atoms with Gasteiger partial charge in [-0.25, -0.2) is 9.97 Å². The lowest BCUT2D eigenvalue weighted by Gasteiger charge is -2.26. The molecular formula is C19H22N6O. The summed E-state index contributed by atoms with van der Waals surface area (Å²) < 4.78 is 7.97. The van der Waals surface area contributed by atoms with Gasteiger partial charge in [0.25, 0.3) is 0 Å². The third kappa shape index (κ3) is 2.38. The molecule has 26 heavy (non-hydrogen) atoms. The highest BCUT2D eigenvalue weighted by molar-refractivity contribution is 5.76. The average Bonchev–Trinajstić information content (AvgIpc) is 3.36. The van der Waals surface area contributed by atoms with Crippen LogP contribution in [0.5, 0.6) is 0 Å². The van der Waals surface area contributed by atoms with Crippen LogP contribution in [0.3, 0.4) is 0 Å². The van der Waals surface area contributed by atoms with Crippen LogP contribution in [-0.4, -0.2) is 44.5 Å². The second-order valence-corrected chi connectivity index (χ2v) is 7.11. The molecule has 1 aromatic carbocycles. The highest BCUT2D eigenvalue weighted by atomic mass is 16.5. The van der Waals surface area contributed by atoms with E-state index in [-0.39, 0.29) is 12.1 Å². The topological polar surface area (TPSA) is 69.0 Å². The maximum atomic E-state index is 5.69. The Hall–Kier alpha value is -2.54. The van der Waals surface area contributed by atoms with E-state index in [4.69, 9.17) is 14.7 Å². The van der Waals surface area contributed by atoms with Gasteiger partial charge in [-0.05, 0) is 25.5 Å². The molecular weight excluding hydrogens is 328 g/mol. The van der Waals surface area contributed by atoms with Crippen molar-refractivity contribution in [3.05, 3.63) is 41.6 Å². The molecule has 2 atom stereocenters. The number of hydrogen-bond acceptors (Lipinski definition) is 6. The molecule has 7 nitrogen and oxygen atoms in total. The first-order valence-corrected chi connectivity index (χ1v) is 9.19. The molecule has 5 rings (SSSR count). The first kappa shape index (κ1) is 15.7. The summed E-state index contributed by atoms with van der Waals surface area (Å²) >= 11 is 0. The Kier molecular flexibility index (Phi) is 3.63. The zero-order valence-electron chi connectivity index (χ0n) is 15.1. The van der Waals surface area contributed by atoms with Gasteiger partial charge >= 0.3 is 0 Å². The fraction of sp³-hybridized carbons (Fsp3) is 0.474. The zero-order valence-corrected chi connectivity index (χ0v) is 15.1. The number of nitrogens with zero attached hydrogens (tertiary/aromatic N) is 6. The minimum absolute atomic E-state index is 0.119. The molecule has 0 radical (unpaired) electrons. The molecule has 0 saturated carbocycles. The fourth-order valence-electron chi connectivity index (χ4n) is 4.22. The Morgan fingerprint density at radius 1 is 1.12 bits per heavy atom. The molecule has 0 unspecified atom stereocenters. The summed E-state index contributed by atoms with van der Waals surface area (Å²) in [4.78, 5) is 12.0. The van der Waals surface area contributed by atoms with Gasteiger partial charge in [0.2, 0.25) is 0 Å². The van der Waals surface area contributed by atoms with Gasteiger partial charge in [-0.3, -0.25) is 0 Å². The monoisotopic (exact) mass is 350 g/mol. The second kappa shape index (κ2) is 6.02. The number of para-hydroxylation sites is 2. The standard InChI is InChI=1S/C19H22N6O/c1-12-18(21-15-7-4-3-6-14(15)20-12)25-11-13(26-2)10-16(25)19-23-22-17-8-5-9-24(17)19/h3-4,6-7,13,16H,5,8-11H2,1-2H3/t13-,16+/m1/s1. The minimum atomic E-state index is 0.119. The van der Waals surface area contributed by atoms with E-state index in [0.29, 0.717) is 0 Å². The summed E-state index contributed by atoms with van der Waals surface area (Å²) in [7, 11) is 1.78. The van der Waals surface area contributed by atoms with Crippen LogP contribution in [0.25, 0.3) is 11.0 Å². The molecule has 0 N–H and O–H groups in total. The van der Waals surface area contributed by atoms with E-state index in [1.165, 1.54) is 0 Å². The Morgan fingerprint density at radius 2 is 1.92 bits per heavy atom. The molecule has 2 aromatic heterocycles. The van der Waals surface area contributed by atoms with Crippen molar-refractivity contribution in [2.45, 2.75) is 44.9 Å². The van der Waals surface area contributed by atoms with E-state index in [1.807, 2.05) is 31.2 Å². The smallest absolute Gasteiger partial charge is 0.155 e. The van der Waals surface area contributed by atoms with Crippen molar-refractivity contribution in [2.24, 2.45) is 0 Å². The van der Waals surface area contributed by atoms with Crippen LogP contribution in [0.1, 0.15) is 36.2 Å². The number of aryl methyl sites for hydroxylation is 2. The maximum Gasteiger partial charge on any atom is 0.155 e. The van der Waals surface area contributed by atoms with E-state index in [9.17, 15) is 0 Å². The summed E-state index contributed by atoms with van der Waals surface area (Å²) in [5.74, 6) is 3.05. The number of anilines is 1. The predicted octanol–water partition coefficient (Wildman–Crippen LogP) is 2.44. The van der Waals surface area contributed by atoms with Crippen LogP contribution in [0.15, 0.2) is 24.3 Å². The molecule has 0 spiro atoms. The average molecular weight is 350 g/mol. The molecule has 2 aliphatic heterocycles. The molecule has 2 aliphatic rings. The van der Waals surface area contributed by atoms with Gasteiger partial charge in [-0.15, -0.1) is 10.2 Å². The number of methoxy groups -OCH3 is 1. The van der Waals surface area contributed by atoms with Crippen LogP contribution in [0.2, 0.25) is 0 Å². The lowest BCUT2D eigenvalue weighted by molar-refractivity contribution is 0.118. The molecule has 0 amide bonds. The summed E-state index contributed by atoms with van der Waals surface area (Å²) in [5, 5.41) is 8.93. The number of aromatic nitrogens is 5. The van der Waals surface area contributed by atoms with E-state index in [1.54, 1.807) is 7.11 Å². The first-order valence-electron chi connectivity index (χ1n) is 9.19. The number of ether oxygens (including phenoxy) is 1. The number of fused-ring (bicyclic) bond motifs is 2. The normalized spacial score (nSPS) is 22.3. The third-order valence-corrected chi connectivity index (χ3v) is 5.52. The Labute approximate surface area is 152 Å². The van der Waals surface area contributed by atoms with Gasteiger partial charge in [-0.2, -0.15) is 0 Å². The quantitative estimate of drug-likeness (QED) is 0.723. The van der Waals surface area contributed by atoms with Crippen molar-refractivity contribution in [2.75, 3.05) is 18.6 Å². The molecule has 0 aliphatic carbocycles. The highest BCUT2D eigenvalue weighted by Gasteiger charge is 2.39. The van der Waals surface area contributed by atoms with Gasteiger partial charge in [0, 0.05) is 33.0 Å². The van der Waals surface area contributed by atoms with Crippen LogP contribution in [0, 0.1) is 6.92 Å². The Morgan fingerprint density at radius 3 is 2.73 bits per heavy atom. The lowest BCUT2D eigenvalue weighted by atomic mass is 10.2. The molecule has 134 valence electrons. The maximum absolute atomic E-state index is 5.69. The number of hydrogen-bond donors (Lipinski definition) is 0. The largest absolute Gasteiger partial charge is 0.380 e. The zero-order chi connectivity index (χ0) is 17.7. The minimum Gasteiger partial charge on any atom is -0.380 e. The SMILES string of the molecule is CO[C@@H]1C[C@@H](c2nnc3n2CCC3)N(c2nc3ccccc3nc2C)C1. The number of rotatable bonds is 3. The van der Waals surface area contributed by atoms with E-state index in [0.717, 1.165) is 66.5 Å². The highest BCUT2D eigenvalue weighted by Crippen LogP contribution is 2.38. The summed E-state index contributed by atoms with van der Waals surface area (Å²) in [6.45, 7) is 3.82. The van der Waals surface area contributed by atoms with Crippen molar-refractivity contribution in [3.63, 3.8) is 0 Å². The summed E-state index contributed by atoms with van der Waals surface area (Å²) in [6.07, 6.45) is 3.21. The van der Waals surface area contributed by atoms with E-state index < -0.39 is 0 Å². The van der Waals surface area contributed by atoms with Gasteiger partial charge in [0.05, 0.1) is 28.9 Å². The van der Waals surface area contributed by atoms with Crippen LogP contribution >= 0.6 is 0 Å². The first-order chi connectivity index (χ1) is 12.7. The molecule has 7 heteroatoms. The predicted molar refractivity (Wildman–Crippen MR) is 98.1 cm³/mol. The molecule has 1 fully saturated rings. The van der Waals surface area contributed by atoms with E-state index >= 15 is 0 Å². The van der Waals surface area contributed by atoms with Crippen molar-refractivity contribution in [3.8, 4) is 0 Å². The molecule has 3 aromatic rings. The molecule has 4 heterocycles. The lowest BCUT2D eigenvalue weighted by Crippen LogP contribution is -2.28. The van der Waals surface area contributed by atoms with Gasteiger partial charge in [0.15, 0.2) is 11.6 Å². The third-order valence-electron chi connectivity index (χ3n) is 5.52. The summed E-state index contributed by atoms with van der Waals surface area (Å²) in [5.41, 5.74) is 2.78. The van der Waals surface area contributed by atoms with Gasteiger partial charge in [-0.1, -0.05) is 12.1 Å². The van der Waals surface area contributed by atoms with Gasteiger partial charge < -0.3 is 14.2 Å². The van der Waals surface area contributed by atoms with Crippen LogP contribution in [-0.2, 0) is 17.7 Å². The Bertz CT molecular complexity index is 968. The fourth-order valence-corrected chi connectivity index (χ4v) is 4.22. The second-order valence-electron chi connectivity index (χ2n) is 7.11. The van der Waals surface area contributed by atoms with Crippen molar-refractivity contribution in [1.82, 2.24) is 24.7 Å². The number of benzene rings is 1. The van der Waals surface area contributed by atoms with E-state index in [2.05, 4.69) is 19.7 Å². The molecule has 1 saturated heterocycles.